The van der Waals surface area contributed by atoms with Crippen LogP contribution < -0.4 is 4.74 Å². The number of esters is 1. The summed E-state index contributed by atoms with van der Waals surface area (Å²) in [5.41, 5.74) is 0.958. The zero-order valence-corrected chi connectivity index (χ0v) is 25.5. The molecule has 1 rings (SSSR count). The number of para-hydroxylation sites is 1. The molecule has 2 N–H and O–H groups in total. The zero-order chi connectivity index (χ0) is 29.6. The van der Waals surface area contributed by atoms with E-state index in [0.29, 0.717) is 5.75 Å². The molecule has 9 heteroatoms. The van der Waals surface area contributed by atoms with E-state index >= 15 is 0 Å². The molecule has 0 saturated heterocycles. The monoisotopic (exact) mass is 584 g/mol. The van der Waals surface area contributed by atoms with Crippen LogP contribution in [0.25, 0.3) is 0 Å². The van der Waals surface area contributed by atoms with Crippen LogP contribution in [0.4, 0.5) is 0 Å². The van der Waals surface area contributed by atoms with E-state index in [9.17, 15) is 22.6 Å². The van der Waals surface area contributed by atoms with E-state index in [1.807, 2.05) is 12.1 Å². The van der Waals surface area contributed by atoms with Crippen LogP contribution in [-0.4, -0.2) is 41.6 Å². The highest BCUT2D eigenvalue weighted by molar-refractivity contribution is 7.87. The third-order valence-electron chi connectivity index (χ3n) is 7.09. The largest absolute Gasteiger partial charge is 0.481 e. The minimum Gasteiger partial charge on any atom is -0.481 e. The lowest BCUT2D eigenvalue weighted by Gasteiger charge is -2.21. The Bertz CT molecular complexity index is 931. The SMILES string of the molecule is CCCCCCCCCCCCCCCCCCc1ccccc1OC(CC)OC(=O)C(CC(=O)O)S(=O)(=O)O. The summed E-state index contributed by atoms with van der Waals surface area (Å²) in [6.07, 6.45) is 19.7. The summed E-state index contributed by atoms with van der Waals surface area (Å²) in [7, 11) is -4.94. The summed E-state index contributed by atoms with van der Waals surface area (Å²) in [4.78, 5) is 23.2. The van der Waals surface area contributed by atoms with E-state index in [1.54, 1.807) is 19.1 Å². The van der Waals surface area contributed by atoms with Crippen molar-refractivity contribution in [1.82, 2.24) is 0 Å². The predicted molar refractivity (Wildman–Crippen MR) is 158 cm³/mol. The summed E-state index contributed by atoms with van der Waals surface area (Å²) in [6, 6.07) is 7.41. The summed E-state index contributed by atoms with van der Waals surface area (Å²) in [6.45, 7) is 3.95. The van der Waals surface area contributed by atoms with Crippen LogP contribution in [0.3, 0.4) is 0 Å². The van der Waals surface area contributed by atoms with Gasteiger partial charge in [-0.2, -0.15) is 8.42 Å². The van der Waals surface area contributed by atoms with E-state index < -0.39 is 40.0 Å². The van der Waals surface area contributed by atoms with Crippen molar-refractivity contribution < 1.29 is 37.1 Å². The lowest BCUT2D eigenvalue weighted by atomic mass is 10.0. The van der Waals surface area contributed by atoms with Crippen LogP contribution in [0.1, 0.15) is 135 Å². The molecule has 8 nitrogen and oxygen atoms in total. The van der Waals surface area contributed by atoms with Gasteiger partial charge in [0.05, 0.1) is 6.42 Å². The molecule has 0 aliphatic rings. The van der Waals surface area contributed by atoms with Crippen molar-refractivity contribution >= 4 is 22.1 Å². The minimum absolute atomic E-state index is 0.213. The van der Waals surface area contributed by atoms with Gasteiger partial charge in [0.2, 0.25) is 6.29 Å². The summed E-state index contributed by atoms with van der Waals surface area (Å²) in [5, 5.41) is 6.68. The van der Waals surface area contributed by atoms with Crippen LogP contribution in [0.5, 0.6) is 5.75 Å². The fourth-order valence-corrected chi connectivity index (χ4v) is 5.35. The van der Waals surface area contributed by atoms with Crippen LogP contribution in [-0.2, 0) is 30.9 Å². The lowest BCUT2D eigenvalue weighted by molar-refractivity contribution is -0.165. The molecule has 0 bridgehead atoms. The molecule has 2 atom stereocenters. The number of benzene rings is 1. The molecule has 0 aliphatic carbocycles. The Kier molecular flexibility index (Phi) is 19.4. The molecule has 0 amide bonds. The molecule has 2 unspecified atom stereocenters. The first-order chi connectivity index (χ1) is 19.2. The first-order valence-electron chi connectivity index (χ1n) is 15.3. The van der Waals surface area contributed by atoms with Gasteiger partial charge < -0.3 is 14.6 Å². The maximum absolute atomic E-state index is 12.3. The van der Waals surface area contributed by atoms with Gasteiger partial charge in [0, 0.05) is 6.42 Å². The summed E-state index contributed by atoms with van der Waals surface area (Å²) >= 11 is 0. The van der Waals surface area contributed by atoms with Crippen molar-refractivity contribution in [3.63, 3.8) is 0 Å². The Morgan fingerprint density at radius 1 is 0.775 bits per heavy atom. The van der Waals surface area contributed by atoms with E-state index in [4.69, 9.17) is 14.6 Å². The molecule has 0 heterocycles. The smallest absolute Gasteiger partial charge is 0.330 e. The maximum atomic E-state index is 12.3. The molecule has 0 saturated carbocycles. The minimum atomic E-state index is -4.94. The van der Waals surface area contributed by atoms with Crippen LogP contribution >= 0.6 is 0 Å². The summed E-state index contributed by atoms with van der Waals surface area (Å²) in [5.74, 6) is -2.37. The quantitative estimate of drug-likeness (QED) is 0.0514. The van der Waals surface area contributed by atoms with Crippen LogP contribution in [0, 0.1) is 0 Å². The average Bonchev–Trinajstić information content (AvgIpc) is 2.91. The molecule has 0 radical (unpaired) electrons. The number of ether oxygens (including phenoxy) is 2. The zero-order valence-electron chi connectivity index (χ0n) is 24.7. The number of hydrogen-bond acceptors (Lipinski definition) is 6. The molecule has 1 aromatic carbocycles. The van der Waals surface area contributed by atoms with E-state index in [2.05, 4.69) is 6.92 Å². The molecule has 230 valence electrons. The first-order valence-corrected chi connectivity index (χ1v) is 16.8. The number of unbranched alkanes of at least 4 members (excludes halogenated alkanes) is 15. The number of carboxylic acid groups (broad SMARTS) is 1. The van der Waals surface area contributed by atoms with Crippen LogP contribution in [0.15, 0.2) is 24.3 Å². The van der Waals surface area contributed by atoms with Gasteiger partial charge in [-0.3, -0.25) is 14.1 Å². The Morgan fingerprint density at radius 3 is 1.70 bits per heavy atom. The number of hydrogen-bond donors (Lipinski definition) is 2. The number of aliphatic carboxylic acids is 1. The Balaban J connectivity index is 2.30. The molecule has 0 aromatic heterocycles. The molecule has 1 aromatic rings. The van der Waals surface area contributed by atoms with Gasteiger partial charge in [0.25, 0.3) is 10.1 Å². The van der Waals surface area contributed by atoms with E-state index in [-0.39, 0.29) is 6.42 Å². The standard InChI is InChI=1S/C31H52O8S/c1-3-5-6-7-8-9-10-11-12-13-14-15-16-17-18-19-22-26-23-20-21-24-27(26)38-30(4-2)39-31(34)28(25-29(32)33)40(35,36)37/h20-21,23-24,28,30H,3-19,22,25H2,1-2H3,(H,32,33)(H,35,36,37). The second-order valence-electron chi connectivity index (χ2n) is 10.7. The number of carboxylic acids is 1. The van der Waals surface area contributed by atoms with Crippen molar-refractivity contribution in [1.29, 1.82) is 0 Å². The number of carbonyl (C=O) groups is 2. The highest BCUT2D eigenvalue weighted by Crippen LogP contribution is 2.24. The van der Waals surface area contributed by atoms with Gasteiger partial charge in [-0.15, -0.1) is 0 Å². The lowest BCUT2D eigenvalue weighted by Crippen LogP contribution is -2.37. The Labute approximate surface area is 242 Å². The normalized spacial score (nSPS) is 13.1. The Hall–Kier alpha value is -2.13. The van der Waals surface area contributed by atoms with Gasteiger partial charge in [0.1, 0.15) is 5.75 Å². The van der Waals surface area contributed by atoms with Gasteiger partial charge in [-0.05, 0) is 24.5 Å². The molecule has 0 spiro atoms. The molecule has 0 aliphatic heterocycles. The second-order valence-corrected chi connectivity index (χ2v) is 12.3. The number of aryl methyl sites for hydroxylation is 1. The first kappa shape index (κ1) is 35.9. The third kappa shape index (κ3) is 16.9. The highest BCUT2D eigenvalue weighted by Gasteiger charge is 2.36. The van der Waals surface area contributed by atoms with Crippen molar-refractivity contribution in [3.8, 4) is 5.75 Å². The molecule has 0 fully saturated rings. The van der Waals surface area contributed by atoms with Crippen molar-refractivity contribution in [3.05, 3.63) is 29.8 Å². The van der Waals surface area contributed by atoms with Crippen LogP contribution in [0.2, 0.25) is 0 Å². The fraction of sp³-hybridized carbons (Fsp3) is 0.742. The van der Waals surface area contributed by atoms with E-state index in [0.717, 1.165) is 24.8 Å². The van der Waals surface area contributed by atoms with Gasteiger partial charge >= 0.3 is 11.9 Å². The average molecular weight is 585 g/mol. The molecular formula is C31H52O8S. The van der Waals surface area contributed by atoms with Gasteiger partial charge in [-0.25, -0.2) is 0 Å². The third-order valence-corrected chi connectivity index (χ3v) is 8.17. The summed E-state index contributed by atoms with van der Waals surface area (Å²) < 4.78 is 43.2. The highest BCUT2D eigenvalue weighted by atomic mass is 32.2. The van der Waals surface area contributed by atoms with Gasteiger partial charge in [-0.1, -0.05) is 128 Å². The van der Waals surface area contributed by atoms with E-state index in [1.165, 1.54) is 89.9 Å². The fourth-order valence-electron chi connectivity index (χ4n) is 4.70. The molecule has 40 heavy (non-hydrogen) atoms. The molecular weight excluding hydrogens is 532 g/mol. The Morgan fingerprint density at radius 2 is 1.25 bits per heavy atom. The number of rotatable bonds is 25. The predicted octanol–water partition coefficient (Wildman–Crippen LogP) is 7.88. The van der Waals surface area contributed by atoms with Crippen molar-refractivity contribution in [2.24, 2.45) is 0 Å². The second kappa shape index (κ2) is 21.6. The number of carbonyl (C=O) groups excluding carboxylic acids is 1. The maximum Gasteiger partial charge on any atom is 0.330 e. The van der Waals surface area contributed by atoms with Crippen molar-refractivity contribution in [2.45, 2.75) is 147 Å². The van der Waals surface area contributed by atoms with Crippen molar-refractivity contribution in [2.75, 3.05) is 0 Å². The topological polar surface area (TPSA) is 127 Å². The van der Waals surface area contributed by atoms with Gasteiger partial charge in [0.15, 0.2) is 5.25 Å².